The number of benzene rings is 1. The summed E-state index contributed by atoms with van der Waals surface area (Å²) in [7, 11) is 0. The smallest absolute Gasteiger partial charge is 0.255 e. The van der Waals surface area contributed by atoms with Crippen molar-refractivity contribution in [3.63, 3.8) is 0 Å². The highest BCUT2D eigenvalue weighted by Gasteiger charge is 2.26. The molecule has 17 heavy (non-hydrogen) atoms. The first-order valence-corrected chi connectivity index (χ1v) is 6.67. The van der Waals surface area contributed by atoms with Crippen LogP contribution >= 0.6 is 11.6 Å². The van der Waals surface area contributed by atoms with Crippen molar-refractivity contribution in [2.45, 2.75) is 38.6 Å². The molecule has 0 N–H and O–H groups in total. The van der Waals surface area contributed by atoms with Gasteiger partial charge >= 0.3 is 0 Å². The van der Waals surface area contributed by atoms with Crippen LogP contribution in [-0.4, -0.2) is 23.4 Å². The summed E-state index contributed by atoms with van der Waals surface area (Å²) in [4.78, 5) is 14.4. The Morgan fingerprint density at radius 3 is 2.88 bits per heavy atom. The molecule has 1 fully saturated rings. The van der Waals surface area contributed by atoms with E-state index in [0.717, 1.165) is 25.8 Å². The van der Waals surface area contributed by atoms with Gasteiger partial charge in [-0.2, -0.15) is 0 Å². The zero-order valence-electron chi connectivity index (χ0n) is 10.2. The lowest BCUT2D eigenvalue weighted by atomic mass is 9.99. The zero-order valence-corrected chi connectivity index (χ0v) is 10.9. The number of amides is 1. The van der Waals surface area contributed by atoms with Gasteiger partial charge in [0.25, 0.3) is 5.91 Å². The van der Waals surface area contributed by atoms with E-state index in [4.69, 9.17) is 11.6 Å². The number of carbonyl (C=O) groups is 1. The van der Waals surface area contributed by atoms with E-state index < -0.39 is 0 Å². The number of hydrogen-bond donors (Lipinski definition) is 0. The van der Waals surface area contributed by atoms with Gasteiger partial charge in [0.05, 0.1) is 10.6 Å². The molecular weight excluding hydrogens is 234 g/mol. The summed E-state index contributed by atoms with van der Waals surface area (Å²) in [6.07, 6.45) is 4.47. The summed E-state index contributed by atoms with van der Waals surface area (Å²) in [5.41, 5.74) is 0.634. The van der Waals surface area contributed by atoms with Gasteiger partial charge in [-0.3, -0.25) is 4.79 Å². The summed E-state index contributed by atoms with van der Waals surface area (Å²) in [5.74, 6) is 0.0853. The first-order chi connectivity index (χ1) is 8.24. The molecule has 1 aliphatic rings. The summed E-state index contributed by atoms with van der Waals surface area (Å²) in [6.45, 7) is 3.01. The van der Waals surface area contributed by atoms with Crippen molar-refractivity contribution in [3.05, 3.63) is 34.9 Å². The van der Waals surface area contributed by atoms with Crippen molar-refractivity contribution >= 4 is 17.5 Å². The summed E-state index contributed by atoms with van der Waals surface area (Å²) < 4.78 is 0. The molecule has 2 nitrogen and oxygen atoms in total. The molecule has 3 heteroatoms. The maximum absolute atomic E-state index is 12.4. The highest BCUT2D eigenvalue weighted by Crippen LogP contribution is 2.24. The molecular formula is C14H18ClNO. The minimum absolute atomic E-state index is 0.0853. The van der Waals surface area contributed by atoms with Gasteiger partial charge in [-0.25, -0.2) is 0 Å². The van der Waals surface area contributed by atoms with Gasteiger partial charge in [-0.1, -0.05) is 30.7 Å². The first-order valence-electron chi connectivity index (χ1n) is 6.29. The van der Waals surface area contributed by atoms with Crippen molar-refractivity contribution in [1.82, 2.24) is 4.90 Å². The van der Waals surface area contributed by atoms with E-state index >= 15 is 0 Å². The lowest BCUT2D eigenvalue weighted by Gasteiger charge is -2.35. The van der Waals surface area contributed by atoms with Crippen LogP contribution in [0.5, 0.6) is 0 Å². The van der Waals surface area contributed by atoms with Crippen LogP contribution in [0, 0.1) is 0 Å². The van der Waals surface area contributed by atoms with Gasteiger partial charge in [-0.15, -0.1) is 0 Å². The van der Waals surface area contributed by atoms with Crippen molar-refractivity contribution in [2.75, 3.05) is 6.54 Å². The van der Waals surface area contributed by atoms with Crippen LogP contribution in [0.25, 0.3) is 0 Å². The van der Waals surface area contributed by atoms with Gasteiger partial charge in [0, 0.05) is 12.6 Å². The van der Waals surface area contributed by atoms with Crippen LogP contribution in [0.1, 0.15) is 43.0 Å². The highest BCUT2D eigenvalue weighted by molar-refractivity contribution is 6.33. The quantitative estimate of drug-likeness (QED) is 0.784. The Morgan fingerprint density at radius 1 is 1.41 bits per heavy atom. The minimum Gasteiger partial charge on any atom is -0.336 e. The molecule has 0 aromatic heterocycles. The van der Waals surface area contributed by atoms with Crippen LogP contribution in [-0.2, 0) is 0 Å². The number of halogens is 1. The third-order valence-electron chi connectivity index (χ3n) is 3.46. The van der Waals surface area contributed by atoms with E-state index in [1.54, 1.807) is 6.07 Å². The number of likely N-dealkylation sites (tertiary alicyclic amines) is 1. The van der Waals surface area contributed by atoms with Crippen LogP contribution in [0.3, 0.4) is 0 Å². The zero-order chi connectivity index (χ0) is 12.3. The van der Waals surface area contributed by atoms with Gasteiger partial charge in [0.2, 0.25) is 0 Å². The monoisotopic (exact) mass is 251 g/mol. The number of nitrogens with zero attached hydrogens (tertiary/aromatic N) is 1. The molecule has 0 radical (unpaired) electrons. The Hall–Kier alpha value is -1.02. The molecule has 1 atom stereocenters. The SMILES string of the molecule is CC[C@@H]1CCCCN1C(=O)c1ccccc1Cl. The predicted molar refractivity (Wildman–Crippen MR) is 70.4 cm³/mol. The standard InChI is InChI=1S/C14H18ClNO/c1-2-11-7-5-6-10-16(11)14(17)12-8-3-4-9-13(12)15/h3-4,8-9,11H,2,5-7,10H2,1H3/t11-/m1/s1. The average molecular weight is 252 g/mol. The van der Waals surface area contributed by atoms with Gasteiger partial charge in [-0.05, 0) is 37.8 Å². The van der Waals surface area contributed by atoms with Gasteiger partial charge in [0.15, 0.2) is 0 Å². The van der Waals surface area contributed by atoms with E-state index in [1.807, 2.05) is 23.1 Å². The number of piperidine rings is 1. The van der Waals surface area contributed by atoms with Crippen molar-refractivity contribution in [1.29, 1.82) is 0 Å². The third kappa shape index (κ3) is 2.63. The molecule has 0 unspecified atom stereocenters. The van der Waals surface area contributed by atoms with E-state index in [9.17, 15) is 4.79 Å². The van der Waals surface area contributed by atoms with Gasteiger partial charge in [0.1, 0.15) is 0 Å². The summed E-state index contributed by atoms with van der Waals surface area (Å²) in [5, 5.41) is 0.554. The van der Waals surface area contributed by atoms with E-state index in [2.05, 4.69) is 6.92 Å². The van der Waals surface area contributed by atoms with E-state index in [1.165, 1.54) is 6.42 Å². The molecule has 2 rings (SSSR count). The molecule has 1 aromatic carbocycles. The molecule has 0 saturated carbocycles. The predicted octanol–water partition coefficient (Wildman–Crippen LogP) is 3.74. The fourth-order valence-corrected chi connectivity index (χ4v) is 2.70. The fourth-order valence-electron chi connectivity index (χ4n) is 2.48. The molecule has 1 amide bonds. The summed E-state index contributed by atoms with van der Waals surface area (Å²) >= 11 is 6.08. The summed E-state index contributed by atoms with van der Waals surface area (Å²) in [6, 6.07) is 7.69. The molecule has 92 valence electrons. The van der Waals surface area contributed by atoms with E-state index in [-0.39, 0.29) is 5.91 Å². The Labute approximate surface area is 108 Å². The maximum Gasteiger partial charge on any atom is 0.255 e. The Bertz CT molecular complexity index is 405. The largest absolute Gasteiger partial charge is 0.336 e. The lowest BCUT2D eigenvalue weighted by molar-refractivity contribution is 0.0608. The maximum atomic E-state index is 12.4. The second-order valence-electron chi connectivity index (χ2n) is 4.54. The lowest BCUT2D eigenvalue weighted by Crippen LogP contribution is -2.43. The number of carbonyl (C=O) groups excluding carboxylic acids is 1. The molecule has 1 aliphatic heterocycles. The third-order valence-corrected chi connectivity index (χ3v) is 3.79. The van der Waals surface area contributed by atoms with Crippen molar-refractivity contribution < 1.29 is 4.79 Å². The molecule has 1 heterocycles. The number of hydrogen-bond acceptors (Lipinski definition) is 1. The Balaban J connectivity index is 2.21. The minimum atomic E-state index is 0.0853. The van der Waals surface area contributed by atoms with Crippen LogP contribution in [0.2, 0.25) is 5.02 Å². The Morgan fingerprint density at radius 2 is 2.18 bits per heavy atom. The molecule has 1 saturated heterocycles. The van der Waals surface area contributed by atoms with Crippen LogP contribution in [0.15, 0.2) is 24.3 Å². The van der Waals surface area contributed by atoms with Crippen molar-refractivity contribution in [2.24, 2.45) is 0 Å². The second-order valence-corrected chi connectivity index (χ2v) is 4.94. The molecule has 0 aliphatic carbocycles. The fraction of sp³-hybridized carbons (Fsp3) is 0.500. The van der Waals surface area contributed by atoms with E-state index in [0.29, 0.717) is 16.6 Å². The van der Waals surface area contributed by atoms with Crippen LogP contribution < -0.4 is 0 Å². The average Bonchev–Trinajstić information content (AvgIpc) is 2.38. The first kappa shape index (κ1) is 12.4. The highest BCUT2D eigenvalue weighted by atomic mass is 35.5. The van der Waals surface area contributed by atoms with Crippen LogP contribution in [0.4, 0.5) is 0 Å². The molecule has 0 bridgehead atoms. The molecule has 1 aromatic rings. The molecule has 0 spiro atoms. The normalized spacial score (nSPS) is 20.4. The van der Waals surface area contributed by atoms with Gasteiger partial charge < -0.3 is 4.90 Å². The topological polar surface area (TPSA) is 20.3 Å². The second kappa shape index (κ2) is 5.54. The number of rotatable bonds is 2. The Kier molecular flexibility index (Phi) is 4.06. The van der Waals surface area contributed by atoms with Crippen molar-refractivity contribution in [3.8, 4) is 0 Å².